The van der Waals surface area contributed by atoms with Crippen molar-refractivity contribution in [2.24, 2.45) is 11.8 Å². The monoisotopic (exact) mass is 139 g/mol. The lowest BCUT2D eigenvalue weighted by molar-refractivity contribution is -0.118. The van der Waals surface area contributed by atoms with Crippen LogP contribution in [-0.2, 0) is 4.79 Å². The third-order valence-corrected chi connectivity index (χ3v) is 2.37. The first-order valence-corrected chi connectivity index (χ1v) is 4.02. The Kier molecular flexibility index (Phi) is 2.47. The molecule has 0 saturated heterocycles. The SMILES string of the molecule is [CH2][C@@H]1CCC[C@H]1CC(C)=O. The zero-order valence-electron chi connectivity index (χ0n) is 6.60. The van der Waals surface area contributed by atoms with Gasteiger partial charge in [0.05, 0.1) is 0 Å². The van der Waals surface area contributed by atoms with E-state index in [1.165, 1.54) is 19.3 Å². The fraction of sp³-hybridized carbons (Fsp3) is 0.778. The summed E-state index contributed by atoms with van der Waals surface area (Å²) in [5, 5.41) is 0. The molecule has 0 bridgehead atoms. The molecular formula is C9H15O. The molecule has 1 fully saturated rings. The summed E-state index contributed by atoms with van der Waals surface area (Å²) in [6.45, 7) is 5.69. The van der Waals surface area contributed by atoms with Gasteiger partial charge in [0.15, 0.2) is 0 Å². The van der Waals surface area contributed by atoms with E-state index in [4.69, 9.17) is 0 Å². The van der Waals surface area contributed by atoms with Gasteiger partial charge >= 0.3 is 0 Å². The van der Waals surface area contributed by atoms with Crippen LogP contribution in [0.4, 0.5) is 0 Å². The molecule has 1 aliphatic rings. The number of carbonyl (C=O) groups excluding carboxylic acids is 1. The molecule has 1 heteroatoms. The largest absolute Gasteiger partial charge is 0.300 e. The summed E-state index contributed by atoms with van der Waals surface area (Å²) in [6, 6.07) is 0. The Morgan fingerprint density at radius 2 is 2.30 bits per heavy atom. The highest BCUT2D eigenvalue weighted by Crippen LogP contribution is 2.33. The zero-order chi connectivity index (χ0) is 7.56. The van der Waals surface area contributed by atoms with E-state index in [1.807, 2.05) is 0 Å². The third kappa shape index (κ3) is 1.83. The molecule has 0 aromatic carbocycles. The molecule has 1 radical (unpaired) electrons. The Morgan fingerprint density at radius 3 is 2.70 bits per heavy atom. The van der Waals surface area contributed by atoms with Gasteiger partial charge in [-0.2, -0.15) is 0 Å². The van der Waals surface area contributed by atoms with Gasteiger partial charge in [-0.15, -0.1) is 0 Å². The van der Waals surface area contributed by atoms with Crippen molar-refractivity contribution in [1.82, 2.24) is 0 Å². The maximum Gasteiger partial charge on any atom is 0.130 e. The van der Waals surface area contributed by atoms with Gasteiger partial charge < -0.3 is 4.79 Å². The van der Waals surface area contributed by atoms with Crippen LogP contribution in [0.3, 0.4) is 0 Å². The minimum absolute atomic E-state index is 0.320. The van der Waals surface area contributed by atoms with Crippen molar-refractivity contribution >= 4 is 5.78 Å². The van der Waals surface area contributed by atoms with E-state index in [2.05, 4.69) is 6.92 Å². The summed E-state index contributed by atoms with van der Waals surface area (Å²) in [7, 11) is 0. The lowest BCUT2D eigenvalue weighted by Crippen LogP contribution is -2.08. The van der Waals surface area contributed by atoms with Crippen molar-refractivity contribution in [3.05, 3.63) is 6.92 Å². The number of ketones is 1. The second kappa shape index (κ2) is 3.18. The summed E-state index contributed by atoms with van der Waals surface area (Å²) in [5.74, 6) is 1.46. The third-order valence-electron chi connectivity index (χ3n) is 2.37. The van der Waals surface area contributed by atoms with Gasteiger partial charge in [0, 0.05) is 6.42 Å². The maximum atomic E-state index is 10.7. The van der Waals surface area contributed by atoms with Crippen LogP contribution in [0.25, 0.3) is 0 Å². The number of rotatable bonds is 2. The summed E-state index contributed by atoms with van der Waals surface area (Å²) in [4.78, 5) is 10.7. The van der Waals surface area contributed by atoms with Crippen LogP contribution in [0.5, 0.6) is 0 Å². The summed E-state index contributed by atoms with van der Waals surface area (Å²) >= 11 is 0. The highest BCUT2D eigenvalue weighted by molar-refractivity contribution is 5.75. The van der Waals surface area contributed by atoms with Gasteiger partial charge in [0.25, 0.3) is 0 Å². The van der Waals surface area contributed by atoms with Gasteiger partial charge in [-0.25, -0.2) is 0 Å². The molecule has 0 aliphatic heterocycles. The minimum atomic E-state index is 0.320. The van der Waals surface area contributed by atoms with Crippen LogP contribution >= 0.6 is 0 Å². The van der Waals surface area contributed by atoms with E-state index in [0.717, 1.165) is 6.42 Å². The first-order valence-electron chi connectivity index (χ1n) is 4.02. The lowest BCUT2D eigenvalue weighted by Gasteiger charge is -2.11. The molecule has 1 saturated carbocycles. The molecule has 1 nitrogen and oxygen atoms in total. The van der Waals surface area contributed by atoms with Crippen LogP contribution in [0.1, 0.15) is 32.6 Å². The van der Waals surface area contributed by atoms with Crippen molar-refractivity contribution in [3.63, 3.8) is 0 Å². The zero-order valence-corrected chi connectivity index (χ0v) is 6.60. The van der Waals surface area contributed by atoms with Crippen LogP contribution in [0.15, 0.2) is 0 Å². The van der Waals surface area contributed by atoms with Gasteiger partial charge in [-0.1, -0.05) is 12.8 Å². The standard InChI is InChI=1S/C9H15O/c1-7-4-3-5-9(7)6-8(2)10/h7,9H,1,3-6H2,2H3/t7-,9+/m1/s1. The van der Waals surface area contributed by atoms with Gasteiger partial charge in [-0.3, -0.25) is 0 Å². The molecule has 10 heavy (non-hydrogen) atoms. The predicted octanol–water partition coefficient (Wildman–Crippen LogP) is 2.22. The normalized spacial score (nSPS) is 32.6. The summed E-state index contributed by atoms with van der Waals surface area (Å²) in [5.41, 5.74) is 0. The molecule has 0 N–H and O–H groups in total. The summed E-state index contributed by atoms with van der Waals surface area (Å²) < 4.78 is 0. The quantitative estimate of drug-likeness (QED) is 0.573. The second-order valence-corrected chi connectivity index (χ2v) is 3.36. The van der Waals surface area contributed by atoms with Crippen molar-refractivity contribution < 1.29 is 4.79 Å². The molecule has 1 rings (SSSR count). The number of hydrogen-bond acceptors (Lipinski definition) is 1. The van der Waals surface area contributed by atoms with E-state index < -0.39 is 0 Å². The van der Waals surface area contributed by atoms with Gasteiger partial charge in [0.1, 0.15) is 5.78 Å². The number of hydrogen-bond donors (Lipinski definition) is 0. The van der Waals surface area contributed by atoms with E-state index in [0.29, 0.717) is 17.6 Å². The molecule has 1 aliphatic carbocycles. The molecule has 57 valence electrons. The van der Waals surface area contributed by atoms with Gasteiger partial charge in [-0.05, 0) is 32.1 Å². The van der Waals surface area contributed by atoms with E-state index >= 15 is 0 Å². The minimum Gasteiger partial charge on any atom is -0.300 e. The van der Waals surface area contributed by atoms with E-state index in [1.54, 1.807) is 6.92 Å². The van der Waals surface area contributed by atoms with E-state index in [9.17, 15) is 4.79 Å². The van der Waals surface area contributed by atoms with Crippen LogP contribution in [0, 0.1) is 18.8 Å². The highest BCUT2D eigenvalue weighted by atomic mass is 16.1. The fourth-order valence-electron chi connectivity index (χ4n) is 1.75. The highest BCUT2D eigenvalue weighted by Gasteiger charge is 2.23. The summed E-state index contributed by atoms with van der Waals surface area (Å²) in [6.07, 6.45) is 4.46. The number of Topliss-reactive ketones (excluding diaryl/α,β-unsaturated/α-hetero) is 1. The Hall–Kier alpha value is -0.330. The Labute approximate surface area is 62.8 Å². The van der Waals surface area contributed by atoms with Crippen LogP contribution < -0.4 is 0 Å². The molecule has 0 spiro atoms. The van der Waals surface area contributed by atoms with Gasteiger partial charge in [0.2, 0.25) is 0 Å². The Bertz CT molecular complexity index is 129. The topological polar surface area (TPSA) is 17.1 Å². The van der Waals surface area contributed by atoms with Crippen molar-refractivity contribution in [2.75, 3.05) is 0 Å². The molecule has 0 aromatic heterocycles. The second-order valence-electron chi connectivity index (χ2n) is 3.36. The fourth-order valence-corrected chi connectivity index (χ4v) is 1.75. The van der Waals surface area contributed by atoms with Crippen LogP contribution in [-0.4, -0.2) is 5.78 Å². The molecular weight excluding hydrogens is 124 g/mol. The average molecular weight is 139 g/mol. The maximum absolute atomic E-state index is 10.7. The Morgan fingerprint density at radius 1 is 1.60 bits per heavy atom. The lowest BCUT2D eigenvalue weighted by atomic mass is 9.93. The number of carbonyl (C=O) groups is 1. The Balaban J connectivity index is 2.33. The first kappa shape index (κ1) is 7.77. The predicted molar refractivity (Wildman–Crippen MR) is 41.5 cm³/mol. The van der Waals surface area contributed by atoms with E-state index in [-0.39, 0.29) is 0 Å². The molecule has 0 amide bonds. The smallest absolute Gasteiger partial charge is 0.130 e. The molecule has 2 atom stereocenters. The van der Waals surface area contributed by atoms with Crippen LogP contribution in [0.2, 0.25) is 0 Å². The average Bonchev–Trinajstić information content (AvgIpc) is 2.15. The van der Waals surface area contributed by atoms with Crippen molar-refractivity contribution in [3.8, 4) is 0 Å². The van der Waals surface area contributed by atoms with Crippen molar-refractivity contribution in [1.29, 1.82) is 0 Å². The first-order chi connectivity index (χ1) is 4.70. The molecule has 0 heterocycles. The van der Waals surface area contributed by atoms with Crippen molar-refractivity contribution in [2.45, 2.75) is 32.6 Å². The molecule has 0 unspecified atom stereocenters. The molecule has 0 aromatic rings.